The van der Waals surface area contributed by atoms with Crippen LogP contribution in [0.25, 0.3) is 0 Å². The molecule has 0 aliphatic heterocycles. The third kappa shape index (κ3) is 2.98. The lowest BCUT2D eigenvalue weighted by molar-refractivity contribution is -0.0444. The fourth-order valence-electron chi connectivity index (χ4n) is 3.18. The van der Waals surface area contributed by atoms with Crippen LogP contribution in [0.1, 0.15) is 64.7 Å². The molecule has 16 heavy (non-hydrogen) atoms. The zero-order chi connectivity index (χ0) is 11.4. The Morgan fingerprint density at radius 3 is 2.31 bits per heavy atom. The summed E-state index contributed by atoms with van der Waals surface area (Å²) in [4.78, 5) is 2.56. The third-order valence-corrected chi connectivity index (χ3v) is 4.38. The number of aliphatic hydroxyl groups is 1. The number of nitrogens with zero attached hydrogens (tertiary/aromatic N) is 1. The van der Waals surface area contributed by atoms with Crippen molar-refractivity contribution in [3.8, 4) is 0 Å². The number of hydrogen-bond acceptors (Lipinski definition) is 2. The minimum atomic E-state index is -0.358. The molecule has 0 heterocycles. The van der Waals surface area contributed by atoms with Crippen LogP contribution in [0.2, 0.25) is 0 Å². The van der Waals surface area contributed by atoms with Gasteiger partial charge in [0.2, 0.25) is 0 Å². The van der Waals surface area contributed by atoms with Crippen molar-refractivity contribution in [3.05, 3.63) is 0 Å². The molecule has 0 radical (unpaired) electrons. The lowest BCUT2D eigenvalue weighted by atomic mass is 9.83. The molecular formula is C14H27NO. The largest absolute Gasteiger partial charge is 0.389 e. The van der Waals surface area contributed by atoms with Crippen LogP contribution in [0.15, 0.2) is 0 Å². The predicted octanol–water partition coefficient (Wildman–Crippen LogP) is 2.95. The summed E-state index contributed by atoms with van der Waals surface area (Å²) in [5, 5.41) is 10.6. The van der Waals surface area contributed by atoms with E-state index >= 15 is 0 Å². The van der Waals surface area contributed by atoms with Crippen molar-refractivity contribution in [3.63, 3.8) is 0 Å². The molecule has 94 valence electrons. The van der Waals surface area contributed by atoms with E-state index in [1.165, 1.54) is 51.5 Å². The number of hydrogen-bond donors (Lipinski definition) is 1. The van der Waals surface area contributed by atoms with Gasteiger partial charge in [-0.1, -0.05) is 32.6 Å². The van der Waals surface area contributed by atoms with Crippen LogP contribution >= 0.6 is 0 Å². The molecule has 0 spiro atoms. The van der Waals surface area contributed by atoms with E-state index in [0.29, 0.717) is 0 Å². The molecule has 0 unspecified atom stereocenters. The topological polar surface area (TPSA) is 23.5 Å². The van der Waals surface area contributed by atoms with E-state index in [1.54, 1.807) is 0 Å². The highest BCUT2D eigenvalue weighted by molar-refractivity contribution is 4.89. The average molecular weight is 225 g/mol. The Bertz CT molecular complexity index is 207. The Morgan fingerprint density at radius 2 is 1.81 bits per heavy atom. The molecule has 0 aromatic rings. The molecule has 0 amide bonds. The highest BCUT2D eigenvalue weighted by Gasteiger charge is 2.34. The van der Waals surface area contributed by atoms with Crippen molar-refractivity contribution >= 4 is 0 Å². The van der Waals surface area contributed by atoms with Crippen LogP contribution in [0.3, 0.4) is 0 Å². The highest BCUT2D eigenvalue weighted by atomic mass is 16.3. The molecule has 2 heteroatoms. The van der Waals surface area contributed by atoms with Crippen LogP contribution in [-0.2, 0) is 0 Å². The summed E-state index contributed by atoms with van der Waals surface area (Å²) in [6, 6.07) is 0.783. The fourth-order valence-corrected chi connectivity index (χ4v) is 3.18. The first kappa shape index (κ1) is 12.4. The van der Waals surface area contributed by atoms with Gasteiger partial charge in [0.1, 0.15) is 0 Å². The maximum Gasteiger partial charge on any atom is 0.0774 e. The van der Waals surface area contributed by atoms with Gasteiger partial charge in [-0.25, -0.2) is 0 Å². The number of rotatable bonds is 5. The van der Waals surface area contributed by atoms with Gasteiger partial charge in [0, 0.05) is 12.6 Å². The normalized spacial score (nSPS) is 25.7. The molecule has 2 nitrogen and oxygen atoms in total. The van der Waals surface area contributed by atoms with E-state index in [2.05, 4.69) is 11.8 Å². The zero-order valence-corrected chi connectivity index (χ0v) is 10.7. The molecule has 0 saturated heterocycles. The second-order valence-corrected chi connectivity index (χ2v) is 5.84. The summed E-state index contributed by atoms with van der Waals surface area (Å²) in [5.74, 6) is 0. The van der Waals surface area contributed by atoms with Gasteiger partial charge in [0.05, 0.1) is 5.60 Å². The van der Waals surface area contributed by atoms with Crippen LogP contribution < -0.4 is 0 Å². The van der Waals surface area contributed by atoms with Crippen molar-refractivity contribution in [1.82, 2.24) is 4.90 Å². The third-order valence-electron chi connectivity index (χ3n) is 4.38. The second-order valence-electron chi connectivity index (χ2n) is 5.84. The second kappa shape index (κ2) is 5.50. The Labute approximate surface area is 100 Å². The lowest BCUT2D eigenvalue weighted by Gasteiger charge is -2.43. The Kier molecular flexibility index (Phi) is 4.26. The maximum atomic E-state index is 10.6. The van der Waals surface area contributed by atoms with Gasteiger partial charge in [-0.05, 0) is 38.6 Å². The summed E-state index contributed by atoms with van der Waals surface area (Å²) in [6.45, 7) is 4.36. The maximum absolute atomic E-state index is 10.6. The first-order valence-electron chi connectivity index (χ1n) is 7.20. The van der Waals surface area contributed by atoms with Crippen LogP contribution in [-0.4, -0.2) is 34.7 Å². The van der Waals surface area contributed by atoms with Crippen LogP contribution in [0.4, 0.5) is 0 Å². The summed E-state index contributed by atoms with van der Waals surface area (Å²) >= 11 is 0. The summed E-state index contributed by atoms with van der Waals surface area (Å²) in [5.41, 5.74) is -0.358. The quantitative estimate of drug-likeness (QED) is 0.777. The summed E-state index contributed by atoms with van der Waals surface area (Å²) < 4.78 is 0. The molecule has 2 aliphatic rings. The Balaban J connectivity index is 1.87. The van der Waals surface area contributed by atoms with E-state index in [4.69, 9.17) is 0 Å². The standard InChI is InChI=1S/C14H27NO/c1-2-11-15(13-7-6-8-13)12-14(16)9-4-3-5-10-14/h13,16H,2-12H2,1H3. The van der Waals surface area contributed by atoms with Gasteiger partial charge in [0.25, 0.3) is 0 Å². The lowest BCUT2D eigenvalue weighted by Crippen LogP contribution is -2.50. The van der Waals surface area contributed by atoms with E-state index in [0.717, 1.165) is 25.4 Å². The van der Waals surface area contributed by atoms with E-state index in [9.17, 15) is 5.11 Å². The summed E-state index contributed by atoms with van der Waals surface area (Å²) in [6.07, 6.45) is 11.1. The van der Waals surface area contributed by atoms with Gasteiger partial charge in [-0.15, -0.1) is 0 Å². The van der Waals surface area contributed by atoms with E-state index in [-0.39, 0.29) is 5.60 Å². The minimum Gasteiger partial charge on any atom is -0.389 e. The predicted molar refractivity (Wildman–Crippen MR) is 67.5 cm³/mol. The van der Waals surface area contributed by atoms with Crippen molar-refractivity contribution in [2.45, 2.75) is 76.4 Å². The van der Waals surface area contributed by atoms with Gasteiger partial charge in [-0.2, -0.15) is 0 Å². The fraction of sp³-hybridized carbons (Fsp3) is 1.00. The first-order chi connectivity index (χ1) is 7.73. The molecule has 2 aliphatic carbocycles. The molecule has 0 bridgehead atoms. The Morgan fingerprint density at radius 1 is 1.12 bits per heavy atom. The molecule has 0 aromatic carbocycles. The molecule has 2 fully saturated rings. The van der Waals surface area contributed by atoms with Gasteiger partial charge in [0.15, 0.2) is 0 Å². The first-order valence-corrected chi connectivity index (χ1v) is 7.20. The van der Waals surface area contributed by atoms with Crippen molar-refractivity contribution in [1.29, 1.82) is 0 Å². The molecular weight excluding hydrogens is 198 g/mol. The molecule has 2 rings (SSSR count). The van der Waals surface area contributed by atoms with Crippen LogP contribution in [0, 0.1) is 0 Å². The smallest absolute Gasteiger partial charge is 0.0774 e. The van der Waals surface area contributed by atoms with Crippen molar-refractivity contribution < 1.29 is 5.11 Å². The average Bonchev–Trinajstić information content (AvgIpc) is 2.15. The van der Waals surface area contributed by atoms with Crippen LogP contribution in [0.5, 0.6) is 0 Å². The van der Waals surface area contributed by atoms with Crippen molar-refractivity contribution in [2.24, 2.45) is 0 Å². The highest BCUT2D eigenvalue weighted by Crippen LogP contribution is 2.32. The zero-order valence-electron chi connectivity index (χ0n) is 10.7. The van der Waals surface area contributed by atoms with E-state index in [1.807, 2.05) is 0 Å². The molecule has 2 saturated carbocycles. The monoisotopic (exact) mass is 225 g/mol. The molecule has 1 N–H and O–H groups in total. The molecule has 0 atom stereocenters. The molecule has 0 aromatic heterocycles. The summed E-state index contributed by atoms with van der Waals surface area (Å²) in [7, 11) is 0. The SMILES string of the molecule is CCCN(CC1(O)CCCCC1)C1CCC1. The minimum absolute atomic E-state index is 0.358. The van der Waals surface area contributed by atoms with Gasteiger partial charge in [-0.3, -0.25) is 4.90 Å². The van der Waals surface area contributed by atoms with Crippen molar-refractivity contribution in [2.75, 3.05) is 13.1 Å². The Hall–Kier alpha value is -0.0800. The van der Waals surface area contributed by atoms with E-state index < -0.39 is 0 Å². The van der Waals surface area contributed by atoms with Gasteiger partial charge < -0.3 is 5.11 Å². The van der Waals surface area contributed by atoms with Gasteiger partial charge >= 0.3 is 0 Å².